The average Bonchev–Trinajstić information content (AvgIpc) is 2.52. The monoisotopic (exact) mass is 309 g/mol. The summed E-state index contributed by atoms with van der Waals surface area (Å²) in [5.74, 6) is -1.59. The summed E-state index contributed by atoms with van der Waals surface area (Å²) in [6, 6.07) is 4.90. The fourth-order valence-electron chi connectivity index (χ4n) is 2.16. The molecule has 0 bridgehead atoms. The van der Waals surface area contributed by atoms with E-state index >= 15 is 0 Å². The van der Waals surface area contributed by atoms with Gasteiger partial charge < -0.3 is 20.1 Å². The summed E-state index contributed by atoms with van der Waals surface area (Å²) in [6.07, 6.45) is 0. The second kappa shape index (κ2) is 6.85. The van der Waals surface area contributed by atoms with Gasteiger partial charge in [-0.15, -0.1) is 0 Å². The Hall–Kier alpha value is -2.68. The fourth-order valence-corrected chi connectivity index (χ4v) is 2.16. The van der Waals surface area contributed by atoms with Gasteiger partial charge in [0, 0.05) is 12.6 Å². The van der Waals surface area contributed by atoms with Crippen LogP contribution in [0.3, 0.4) is 0 Å². The maximum atomic E-state index is 12.1. The van der Waals surface area contributed by atoms with Gasteiger partial charge in [-0.25, -0.2) is 4.79 Å². The molecule has 22 heavy (non-hydrogen) atoms. The van der Waals surface area contributed by atoms with E-state index < -0.39 is 22.8 Å². The van der Waals surface area contributed by atoms with Gasteiger partial charge in [-0.05, 0) is 6.07 Å². The minimum Gasteiger partial charge on any atom is -0.480 e. The Labute approximate surface area is 125 Å². The molecule has 0 aliphatic carbocycles. The molecule has 1 heterocycles. The first-order valence-electron chi connectivity index (χ1n) is 6.58. The first-order valence-corrected chi connectivity index (χ1v) is 6.58. The van der Waals surface area contributed by atoms with Gasteiger partial charge in [0.15, 0.2) is 6.04 Å². The van der Waals surface area contributed by atoms with Gasteiger partial charge in [0.1, 0.15) is 5.69 Å². The van der Waals surface area contributed by atoms with Gasteiger partial charge >= 0.3 is 5.97 Å². The van der Waals surface area contributed by atoms with Gasteiger partial charge in [0.25, 0.3) is 5.69 Å². The van der Waals surface area contributed by atoms with Crippen LogP contribution in [0, 0.1) is 10.1 Å². The molecule has 9 nitrogen and oxygen atoms in total. The molecular weight excluding hydrogens is 294 g/mol. The number of nitrogens with one attached hydrogen (secondary N) is 1. The number of amides is 1. The molecule has 1 atom stereocenters. The highest BCUT2D eigenvalue weighted by atomic mass is 16.6. The van der Waals surface area contributed by atoms with Gasteiger partial charge in [-0.1, -0.05) is 12.1 Å². The first kappa shape index (κ1) is 15.7. The number of anilines is 1. The van der Waals surface area contributed by atoms with E-state index in [1.807, 2.05) is 0 Å². The minimum absolute atomic E-state index is 0.0629. The van der Waals surface area contributed by atoms with Crippen LogP contribution in [0.4, 0.5) is 11.4 Å². The number of nitro benzene ring substituents is 1. The molecule has 1 amide bonds. The molecule has 1 aliphatic rings. The zero-order valence-corrected chi connectivity index (χ0v) is 11.6. The molecule has 0 spiro atoms. The molecule has 118 valence electrons. The number of carboxylic acids is 1. The number of carbonyl (C=O) groups is 2. The number of carboxylic acid groups (broad SMARTS) is 1. The average molecular weight is 309 g/mol. The molecule has 0 saturated carbocycles. The number of carbonyl (C=O) groups excluding carboxylic acids is 1. The zero-order valence-electron chi connectivity index (χ0n) is 11.6. The normalized spacial score (nSPS) is 17.8. The predicted octanol–water partition coefficient (Wildman–Crippen LogP) is 0.319. The summed E-state index contributed by atoms with van der Waals surface area (Å²) in [6.45, 7) is 0.149. The van der Waals surface area contributed by atoms with Gasteiger partial charge in [-0.2, -0.15) is 0 Å². The number of morpholine rings is 1. The third-order valence-corrected chi connectivity index (χ3v) is 3.26. The summed E-state index contributed by atoms with van der Waals surface area (Å²) in [7, 11) is 0. The topological polar surface area (TPSA) is 122 Å². The lowest BCUT2D eigenvalue weighted by Gasteiger charge is -2.32. The second-order valence-electron chi connectivity index (χ2n) is 4.64. The summed E-state index contributed by atoms with van der Waals surface area (Å²) in [5.41, 5.74) is 0.0630. The van der Waals surface area contributed by atoms with Crippen LogP contribution >= 0.6 is 0 Å². The minimum atomic E-state index is -1.14. The molecule has 0 aromatic heterocycles. The molecule has 0 radical (unpaired) electrons. The van der Waals surface area contributed by atoms with Crippen molar-refractivity contribution in [2.75, 3.05) is 31.6 Å². The number of rotatable bonds is 5. The molecule has 1 aliphatic heterocycles. The Morgan fingerprint density at radius 3 is 2.86 bits per heavy atom. The number of nitrogens with zero attached hydrogens (tertiary/aromatic N) is 2. The molecule has 1 unspecified atom stereocenters. The second-order valence-corrected chi connectivity index (χ2v) is 4.64. The van der Waals surface area contributed by atoms with E-state index in [0.717, 1.165) is 0 Å². The first-order chi connectivity index (χ1) is 10.5. The Balaban J connectivity index is 2.03. The van der Waals surface area contributed by atoms with E-state index in [4.69, 9.17) is 9.84 Å². The molecule has 1 aromatic rings. The lowest BCUT2D eigenvalue weighted by molar-refractivity contribution is -0.383. The van der Waals surface area contributed by atoms with Crippen LogP contribution in [0.5, 0.6) is 0 Å². The number of hydrogen-bond acceptors (Lipinski definition) is 6. The van der Waals surface area contributed by atoms with Gasteiger partial charge in [-0.3, -0.25) is 14.9 Å². The summed E-state index contributed by atoms with van der Waals surface area (Å²) < 4.78 is 5.05. The van der Waals surface area contributed by atoms with E-state index in [2.05, 4.69) is 5.32 Å². The van der Waals surface area contributed by atoms with Crippen molar-refractivity contribution in [3.8, 4) is 0 Å². The SMILES string of the molecule is O=C(O)C1COCCN1C(=O)CNc1ccccc1[N+](=O)[O-]. The maximum absolute atomic E-state index is 12.1. The largest absolute Gasteiger partial charge is 0.480 e. The lowest BCUT2D eigenvalue weighted by atomic mass is 10.2. The van der Waals surface area contributed by atoms with Crippen LogP contribution in [0.25, 0.3) is 0 Å². The molecule has 9 heteroatoms. The smallest absolute Gasteiger partial charge is 0.328 e. The quantitative estimate of drug-likeness (QED) is 0.593. The fraction of sp³-hybridized carbons (Fsp3) is 0.385. The number of benzene rings is 1. The Bertz CT molecular complexity index is 591. The van der Waals surface area contributed by atoms with Crippen LogP contribution in [0.2, 0.25) is 0 Å². The van der Waals surface area contributed by atoms with Crippen molar-refractivity contribution in [1.82, 2.24) is 4.90 Å². The summed E-state index contributed by atoms with van der Waals surface area (Å²) in [4.78, 5) is 34.8. The van der Waals surface area contributed by atoms with Crippen molar-refractivity contribution in [3.63, 3.8) is 0 Å². The van der Waals surface area contributed by atoms with Crippen molar-refractivity contribution in [2.24, 2.45) is 0 Å². The molecule has 2 rings (SSSR count). The van der Waals surface area contributed by atoms with Crippen molar-refractivity contribution in [3.05, 3.63) is 34.4 Å². The number of nitro groups is 1. The standard InChI is InChI=1S/C13H15N3O6/c17-12(15-5-6-22-8-11(15)13(18)19)7-14-9-3-1-2-4-10(9)16(20)21/h1-4,11,14H,5-8H2,(H,18,19). The van der Waals surface area contributed by atoms with E-state index in [0.29, 0.717) is 0 Å². The van der Waals surface area contributed by atoms with Crippen LogP contribution in [-0.2, 0) is 14.3 Å². The van der Waals surface area contributed by atoms with Crippen LogP contribution in [-0.4, -0.2) is 59.2 Å². The van der Waals surface area contributed by atoms with E-state index in [1.54, 1.807) is 6.07 Å². The third-order valence-electron chi connectivity index (χ3n) is 3.26. The highest BCUT2D eigenvalue weighted by Crippen LogP contribution is 2.23. The molecule has 1 fully saturated rings. The van der Waals surface area contributed by atoms with Crippen molar-refractivity contribution < 1.29 is 24.4 Å². The highest BCUT2D eigenvalue weighted by molar-refractivity contribution is 5.87. The number of ether oxygens (including phenoxy) is 1. The van der Waals surface area contributed by atoms with E-state index in [-0.39, 0.29) is 37.7 Å². The van der Waals surface area contributed by atoms with Crippen molar-refractivity contribution in [1.29, 1.82) is 0 Å². The van der Waals surface area contributed by atoms with Crippen LogP contribution in [0.1, 0.15) is 0 Å². The third kappa shape index (κ3) is 3.50. The summed E-state index contributed by atoms with van der Waals surface area (Å²) in [5, 5.41) is 22.6. The van der Waals surface area contributed by atoms with Crippen molar-refractivity contribution >= 4 is 23.3 Å². The number of para-hydroxylation sites is 2. The van der Waals surface area contributed by atoms with Crippen molar-refractivity contribution in [2.45, 2.75) is 6.04 Å². The lowest BCUT2D eigenvalue weighted by Crippen LogP contribution is -2.54. The molecular formula is C13H15N3O6. The van der Waals surface area contributed by atoms with E-state index in [9.17, 15) is 19.7 Å². The summed E-state index contributed by atoms with van der Waals surface area (Å²) >= 11 is 0. The number of hydrogen-bond donors (Lipinski definition) is 2. The Morgan fingerprint density at radius 2 is 2.18 bits per heavy atom. The molecule has 1 aromatic carbocycles. The predicted molar refractivity (Wildman–Crippen MR) is 75.5 cm³/mol. The zero-order chi connectivity index (χ0) is 16.1. The van der Waals surface area contributed by atoms with Gasteiger partial charge in [0.05, 0.1) is 24.7 Å². The Morgan fingerprint density at radius 1 is 1.45 bits per heavy atom. The highest BCUT2D eigenvalue weighted by Gasteiger charge is 2.32. The molecule has 2 N–H and O–H groups in total. The number of aliphatic carboxylic acids is 1. The Kier molecular flexibility index (Phi) is 4.89. The van der Waals surface area contributed by atoms with Gasteiger partial charge in [0.2, 0.25) is 5.91 Å². The van der Waals surface area contributed by atoms with Crippen LogP contribution < -0.4 is 5.32 Å². The van der Waals surface area contributed by atoms with E-state index in [1.165, 1.54) is 23.1 Å². The van der Waals surface area contributed by atoms with Crippen LogP contribution in [0.15, 0.2) is 24.3 Å². The molecule has 1 saturated heterocycles. The maximum Gasteiger partial charge on any atom is 0.328 e.